The number of aromatic nitrogens is 1. The first-order chi connectivity index (χ1) is 17.1. The fraction of sp³-hybridized carbons (Fsp3) is 0.0667. The molecule has 0 radical (unpaired) electrons. The van der Waals surface area contributed by atoms with Crippen LogP contribution < -0.4 is 10.1 Å². The first kappa shape index (κ1) is 22.2. The molecule has 1 N–H and O–H groups in total. The van der Waals surface area contributed by atoms with Crippen LogP contribution >= 0.6 is 0 Å². The molecule has 0 bridgehead atoms. The number of amides is 1. The number of benzene rings is 4. The van der Waals surface area contributed by atoms with E-state index in [9.17, 15) is 4.79 Å². The van der Waals surface area contributed by atoms with Crippen LogP contribution in [0, 0.1) is 6.92 Å². The number of carbonyl (C=O) groups is 1. The van der Waals surface area contributed by atoms with Crippen molar-refractivity contribution in [3.8, 4) is 17.2 Å². The standard InChI is InChI=1S/C30H24N2O3/c1-21-7-5-6-10-26(21)30-32-27-17-14-24(19-28(27)35-30)31-29(33)18-13-22-11-15-25(16-12-22)34-20-23-8-3-2-4-9-23/h2-19H,20H2,1H3,(H,31,33)/b18-13+. The van der Waals surface area contributed by atoms with Gasteiger partial charge in [-0.3, -0.25) is 4.79 Å². The molecule has 0 saturated carbocycles. The Labute approximate surface area is 203 Å². The van der Waals surface area contributed by atoms with E-state index in [1.165, 1.54) is 6.08 Å². The minimum atomic E-state index is -0.229. The number of hydrogen-bond donors (Lipinski definition) is 1. The maximum atomic E-state index is 12.5. The van der Waals surface area contributed by atoms with Crippen molar-refractivity contribution in [3.63, 3.8) is 0 Å². The van der Waals surface area contributed by atoms with E-state index >= 15 is 0 Å². The zero-order valence-corrected chi connectivity index (χ0v) is 19.3. The number of rotatable bonds is 7. The fourth-order valence-electron chi connectivity index (χ4n) is 3.70. The van der Waals surface area contributed by atoms with Gasteiger partial charge in [0.25, 0.3) is 0 Å². The zero-order chi connectivity index (χ0) is 24.0. The normalized spacial score (nSPS) is 11.1. The molecule has 0 saturated heterocycles. The van der Waals surface area contributed by atoms with Gasteiger partial charge >= 0.3 is 0 Å². The minimum Gasteiger partial charge on any atom is -0.489 e. The third-order valence-corrected chi connectivity index (χ3v) is 5.59. The number of fused-ring (bicyclic) bond motifs is 1. The van der Waals surface area contributed by atoms with E-state index in [2.05, 4.69) is 10.3 Å². The second kappa shape index (κ2) is 10.1. The van der Waals surface area contributed by atoms with Crippen molar-refractivity contribution < 1.29 is 13.9 Å². The number of oxazole rings is 1. The van der Waals surface area contributed by atoms with E-state index in [-0.39, 0.29) is 5.91 Å². The first-order valence-electron chi connectivity index (χ1n) is 11.4. The predicted molar refractivity (Wildman–Crippen MR) is 139 cm³/mol. The minimum absolute atomic E-state index is 0.229. The summed E-state index contributed by atoms with van der Waals surface area (Å²) in [4.78, 5) is 17.0. The van der Waals surface area contributed by atoms with Crippen molar-refractivity contribution >= 4 is 28.8 Å². The number of anilines is 1. The van der Waals surface area contributed by atoms with Gasteiger partial charge in [-0.25, -0.2) is 4.98 Å². The van der Waals surface area contributed by atoms with Crippen LogP contribution in [0.25, 0.3) is 28.6 Å². The Bertz CT molecular complexity index is 1490. The van der Waals surface area contributed by atoms with Crippen LogP contribution in [-0.4, -0.2) is 10.9 Å². The highest BCUT2D eigenvalue weighted by atomic mass is 16.5. The lowest BCUT2D eigenvalue weighted by atomic mass is 10.1. The van der Waals surface area contributed by atoms with Gasteiger partial charge < -0.3 is 14.5 Å². The number of nitrogens with zero attached hydrogens (tertiary/aromatic N) is 1. The van der Waals surface area contributed by atoms with Crippen molar-refractivity contribution in [3.05, 3.63) is 120 Å². The monoisotopic (exact) mass is 460 g/mol. The van der Waals surface area contributed by atoms with Gasteiger partial charge in [-0.2, -0.15) is 0 Å². The average molecular weight is 461 g/mol. The van der Waals surface area contributed by atoms with E-state index in [1.807, 2.05) is 97.9 Å². The Hall–Kier alpha value is -4.64. The van der Waals surface area contributed by atoms with Crippen molar-refractivity contribution in [2.75, 3.05) is 5.32 Å². The molecule has 0 atom stereocenters. The van der Waals surface area contributed by atoms with Crippen molar-refractivity contribution in [1.29, 1.82) is 0 Å². The van der Waals surface area contributed by atoms with Crippen LogP contribution in [0.5, 0.6) is 5.75 Å². The van der Waals surface area contributed by atoms with Crippen LogP contribution in [0.4, 0.5) is 5.69 Å². The quantitative estimate of drug-likeness (QED) is 0.265. The van der Waals surface area contributed by atoms with Gasteiger partial charge in [0, 0.05) is 23.4 Å². The van der Waals surface area contributed by atoms with Crippen LogP contribution in [0.3, 0.4) is 0 Å². The summed E-state index contributed by atoms with van der Waals surface area (Å²) in [6, 6.07) is 31.0. The smallest absolute Gasteiger partial charge is 0.248 e. The van der Waals surface area contributed by atoms with E-state index < -0.39 is 0 Å². The molecule has 0 aliphatic carbocycles. The molecule has 0 unspecified atom stereocenters. The number of aryl methyl sites for hydroxylation is 1. The summed E-state index contributed by atoms with van der Waals surface area (Å²) in [6.45, 7) is 2.54. The second-order valence-electron chi connectivity index (χ2n) is 8.18. The molecule has 4 aromatic carbocycles. The van der Waals surface area contributed by atoms with Crippen molar-refractivity contribution in [2.45, 2.75) is 13.5 Å². The fourth-order valence-corrected chi connectivity index (χ4v) is 3.70. The summed E-state index contributed by atoms with van der Waals surface area (Å²) in [5.74, 6) is 1.12. The molecule has 35 heavy (non-hydrogen) atoms. The lowest BCUT2D eigenvalue weighted by molar-refractivity contribution is -0.111. The third kappa shape index (κ3) is 5.47. The number of hydrogen-bond acceptors (Lipinski definition) is 4. The summed E-state index contributed by atoms with van der Waals surface area (Å²) < 4.78 is 11.8. The molecule has 1 heterocycles. The van der Waals surface area contributed by atoms with Crippen LogP contribution in [-0.2, 0) is 11.4 Å². The summed E-state index contributed by atoms with van der Waals surface area (Å²) in [7, 11) is 0. The highest BCUT2D eigenvalue weighted by molar-refractivity contribution is 6.02. The van der Waals surface area contributed by atoms with Crippen LogP contribution in [0.2, 0.25) is 0 Å². The lowest BCUT2D eigenvalue weighted by Crippen LogP contribution is -2.07. The SMILES string of the molecule is Cc1ccccc1-c1nc2ccc(NC(=O)/C=C/c3ccc(OCc4ccccc4)cc3)cc2o1. The number of nitrogens with one attached hydrogen (secondary N) is 1. The molecule has 0 spiro atoms. The van der Waals surface area contributed by atoms with Gasteiger partial charge in [0.2, 0.25) is 11.8 Å². The van der Waals surface area contributed by atoms with Gasteiger partial charge in [-0.15, -0.1) is 0 Å². The average Bonchev–Trinajstić information content (AvgIpc) is 3.31. The highest BCUT2D eigenvalue weighted by Gasteiger charge is 2.11. The topological polar surface area (TPSA) is 64.4 Å². The Morgan fingerprint density at radius 3 is 2.51 bits per heavy atom. The van der Waals surface area contributed by atoms with E-state index in [1.54, 1.807) is 12.1 Å². The van der Waals surface area contributed by atoms with E-state index in [0.717, 1.165) is 33.5 Å². The Balaban J connectivity index is 1.20. The number of carbonyl (C=O) groups excluding carboxylic acids is 1. The van der Waals surface area contributed by atoms with Crippen molar-refractivity contribution in [1.82, 2.24) is 4.98 Å². The molecule has 5 nitrogen and oxygen atoms in total. The highest BCUT2D eigenvalue weighted by Crippen LogP contribution is 2.28. The molecule has 5 heteroatoms. The number of ether oxygens (including phenoxy) is 1. The van der Waals surface area contributed by atoms with Gasteiger partial charge in [0.15, 0.2) is 5.58 Å². The van der Waals surface area contributed by atoms with Crippen LogP contribution in [0.15, 0.2) is 108 Å². The van der Waals surface area contributed by atoms with Crippen molar-refractivity contribution in [2.24, 2.45) is 0 Å². The summed E-state index contributed by atoms with van der Waals surface area (Å²) >= 11 is 0. The van der Waals surface area contributed by atoms with Gasteiger partial charge in [-0.1, -0.05) is 60.7 Å². The molecular weight excluding hydrogens is 436 g/mol. The Kier molecular flexibility index (Phi) is 6.39. The lowest BCUT2D eigenvalue weighted by Gasteiger charge is -2.06. The maximum Gasteiger partial charge on any atom is 0.248 e. The van der Waals surface area contributed by atoms with Gasteiger partial charge in [-0.05, 0) is 60.0 Å². The molecular formula is C30H24N2O3. The maximum absolute atomic E-state index is 12.5. The zero-order valence-electron chi connectivity index (χ0n) is 19.3. The summed E-state index contributed by atoms with van der Waals surface area (Å²) in [6.07, 6.45) is 3.27. The van der Waals surface area contributed by atoms with Gasteiger partial charge in [0.05, 0.1) is 0 Å². The van der Waals surface area contributed by atoms with Gasteiger partial charge in [0.1, 0.15) is 17.9 Å². The summed E-state index contributed by atoms with van der Waals surface area (Å²) in [5.41, 5.74) is 6.07. The molecule has 5 rings (SSSR count). The second-order valence-corrected chi connectivity index (χ2v) is 8.18. The molecule has 0 aliphatic heterocycles. The predicted octanol–water partition coefficient (Wildman–Crippen LogP) is 7.03. The van der Waals surface area contributed by atoms with Crippen LogP contribution in [0.1, 0.15) is 16.7 Å². The molecule has 172 valence electrons. The molecule has 1 amide bonds. The molecule has 0 aliphatic rings. The molecule has 0 fully saturated rings. The third-order valence-electron chi connectivity index (χ3n) is 5.59. The van der Waals surface area contributed by atoms with E-state index in [4.69, 9.17) is 9.15 Å². The Morgan fingerprint density at radius 1 is 0.943 bits per heavy atom. The largest absolute Gasteiger partial charge is 0.489 e. The molecule has 5 aromatic rings. The molecule has 1 aromatic heterocycles. The Morgan fingerprint density at radius 2 is 1.71 bits per heavy atom. The first-order valence-corrected chi connectivity index (χ1v) is 11.4. The van der Waals surface area contributed by atoms with E-state index in [0.29, 0.717) is 23.8 Å². The summed E-state index contributed by atoms with van der Waals surface area (Å²) in [5, 5.41) is 2.88.